The van der Waals surface area contributed by atoms with Crippen LogP contribution < -0.4 is 5.73 Å². The second-order valence-corrected chi connectivity index (χ2v) is 3.11. The van der Waals surface area contributed by atoms with Crippen LogP contribution >= 0.6 is 0 Å². The smallest absolute Gasteiger partial charge is 0.150 e. The topological polar surface area (TPSA) is 51.8 Å². The third-order valence-corrected chi connectivity index (χ3v) is 2.29. The molecule has 13 heavy (non-hydrogen) atoms. The second kappa shape index (κ2) is 2.69. The van der Waals surface area contributed by atoms with Crippen molar-refractivity contribution in [1.82, 2.24) is 9.97 Å². The Labute approximate surface area is 76.6 Å². The van der Waals surface area contributed by atoms with Gasteiger partial charge in [-0.25, -0.2) is 4.98 Å². The highest BCUT2D eigenvalue weighted by Crippen LogP contribution is 2.21. The first-order valence-electron chi connectivity index (χ1n) is 4.17. The molecule has 2 N–H and O–H groups in total. The van der Waals surface area contributed by atoms with Gasteiger partial charge >= 0.3 is 0 Å². The molecule has 0 saturated heterocycles. The minimum Gasteiger partial charge on any atom is -0.382 e. The third kappa shape index (κ3) is 1.13. The average molecular weight is 173 g/mol. The number of fused-ring (bicyclic) bond motifs is 1. The molecule has 0 fully saturated rings. The van der Waals surface area contributed by atoms with Crippen molar-refractivity contribution in [2.24, 2.45) is 0 Å². The normalized spacial score (nSPS) is 10.6. The van der Waals surface area contributed by atoms with Crippen LogP contribution in [0, 0.1) is 13.8 Å². The van der Waals surface area contributed by atoms with Gasteiger partial charge in [-0.15, -0.1) is 0 Å². The van der Waals surface area contributed by atoms with Gasteiger partial charge in [0.2, 0.25) is 0 Å². The van der Waals surface area contributed by atoms with E-state index in [4.69, 9.17) is 5.73 Å². The molecule has 2 aromatic heterocycles. The number of pyridine rings is 2. The number of aromatic nitrogens is 2. The lowest BCUT2D eigenvalue weighted by atomic mass is 10.1. The Balaban J connectivity index is 2.97. The fourth-order valence-corrected chi connectivity index (χ4v) is 1.42. The molecule has 0 saturated carbocycles. The van der Waals surface area contributed by atoms with Crippen LogP contribution in [0.25, 0.3) is 10.9 Å². The van der Waals surface area contributed by atoms with E-state index in [1.165, 1.54) is 0 Å². The maximum atomic E-state index is 5.75. The van der Waals surface area contributed by atoms with Gasteiger partial charge in [0.1, 0.15) is 11.3 Å². The number of rotatable bonds is 0. The first-order chi connectivity index (χ1) is 6.20. The summed E-state index contributed by atoms with van der Waals surface area (Å²) < 4.78 is 0. The zero-order valence-electron chi connectivity index (χ0n) is 7.70. The molecule has 0 amide bonds. The first-order valence-corrected chi connectivity index (χ1v) is 4.17. The van der Waals surface area contributed by atoms with Crippen LogP contribution in [0.4, 0.5) is 5.82 Å². The highest BCUT2D eigenvalue weighted by atomic mass is 14.9. The van der Waals surface area contributed by atoms with Crippen LogP contribution in [0.15, 0.2) is 18.3 Å². The van der Waals surface area contributed by atoms with Gasteiger partial charge in [0.05, 0.1) is 0 Å². The van der Waals surface area contributed by atoms with Crippen molar-refractivity contribution in [2.75, 3.05) is 5.73 Å². The number of nitrogens with zero attached hydrogens (tertiary/aromatic N) is 2. The van der Waals surface area contributed by atoms with Gasteiger partial charge in [-0.05, 0) is 25.5 Å². The summed E-state index contributed by atoms with van der Waals surface area (Å²) >= 11 is 0. The Morgan fingerprint density at radius 3 is 2.85 bits per heavy atom. The van der Waals surface area contributed by atoms with Crippen LogP contribution in [0.1, 0.15) is 11.3 Å². The van der Waals surface area contributed by atoms with E-state index < -0.39 is 0 Å². The number of nitrogen functional groups attached to an aromatic ring is 1. The SMILES string of the molecule is Cc1nc(N)c2ncccc2c1C. The summed E-state index contributed by atoms with van der Waals surface area (Å²) in [6.45, 7) is 3.99. The zero-order valence-corrected chi connectivity index (χ0v) is 7.70. The van der Waals surface area contributed by atoms with E-state index in [2.05, 4.69) is 9.97 Å². The summed E-state index contributed by atoms with van der Waals surface area (Å²) in [6.07, 6.45) is 1.73. The lowest BCUT2D eigenvalue weighted by molar-refractivity contribution is 1.17. The molecular formula is C10H11N3. The Bertz CT molecular complexity index is 463. The minimum absolute atomic E-state index is 0.513. The summed E-state index contributed by atoms with van der Waals surface area (Å²) in [5.74, 6) is 0.513. The maximum absolute atomic E-state index is 5.75. The second-order valence-electron chi connectivity index (χ2n) is 3.11. The average Bonchev–Trinajstić information content (AvgIpc) is 2.15. The molecule has 0 unspecified atom stereocenters. The molecule has 0 aromatic carbocycles. The van der Waals surface area contributed by atoms with Crippen LogP contribution in [0.2, 0.25) is 0 Å². The molecule has 0 aliphatic rings. The van der Waals surface area contributed by atoms with Crippen molar-refractivity contribution < 1.29 is 0 Å². The summed E-state index contributed by atoms with van der Waals surface area (Å²) in [6, 6.07) is 3.93. The number of nitrogens with two attached hydrogens (primary N) is 1. The quantitative estimate of drug-likeness (QED) is 0.661. The van der Waals surface area contributed by atoms with E-state index >= 15 is 0 Å². The van der Waals surface area contributed by atoms with Crippen LogP contribution in [0.5, 0.6) is 0 Å². The van der Waals surface area contributed by atoms with Gasteiger partial charge in [0.25, 0.3) is 0 Å². The number of hydrogen-bond acceptors (Lipinski definition) is 3. The van der Waals surface area contributed by atoms with Crippen LogP contribution in [-0.4, -0.2) is 9.97 Å². The Morgan fingerprint density at radius 2 is 2.08 bits per heavy atom. The summed E-state index contributed by atoms with van der Waals surface area (Å²) in [7, 11) is 0. The van der Waals surface area contributed by atoms with E-state index in [0.29, 0.717) is 5.82 Å². The van der Waals surface area contributed by atoms with Crippen LogP contribution in [0.3, 0.4) is 0 Å². The minimum atomic E-state index is 0.513. The van der Waals surface area contributed by atoms with Crippen molar-refractivity contribution >= 4 is 16.7 Å². The molecule has 0 spiro atoms. The predicted molar refractivity (Wildman–Crippen MR) is 53.4 cm³/mol. The fraction of sp³-hybridized carbons (Fsp3) is 0.200. The zero-order chi connectivity index (χ0) is 9.42. The number of anilines is 1. The molecule has 66 valence electrons. The summed E-state index contributed by atoms with van der Waals surface area (Å²) in [5.41, 5.74) is 8.67. The van der Waals surface area contributed by atoms with E-state index in [9.17, 15) is 0 Å². The monoisotopic (exact) mass is 173 g/mol. The molecule has 2 heterocycles. The van der Waals surface area contributed by atoms with Crippen molar-refractivity contribution in [1.29, 1.82) is 0 Å². The maximum Gasteiger partial charge on any atom is 0.150 e. The lowest BCUT2D eigenvalue weighted by Crippen LogP contribution is -1.98. The van der Waals surface area contributed by atoms with Crippen molar-refractivity contribution in [2.45, 2.75) is 13.8 Å². The number of hydrogen-bond donors (Lipinski definition) is 1. The van der Waals surface area contributed by atoms with E-state index in [1.54, 1.807) is 6.20 Å². The third-order valence-electron chi connectivity index (χ3n) is 2.29. The highest BCUT2D eigenvalue weighted by molar-refractivity contribution is 5.89. The van der Waals surface area contributed by atoms with E-state index in [1.807, 2.05) is 26.0 Å². The number of aryl methyl sites for hydroxylation is 2. The van der Waals surface area contributed by atoms with Gasteiger partial charge in [-0.3, -0.25) is 4.98 Å². The van der Waals surface area contributed by atoms with E-state index in [-0.39, 0.29) is 0 Å². The molecule has 0 atom stereocenters. The molecule has 0 aliphatic heterocycles. The van der Waals surface area contributed by atoms with Gasteiger partial charge in [-0.1, -0.05) is 6.07 Å². The van der Waals surface area contributed by atoms with Gasteiger partial charge < -0.3 is 5.73 Å². The Hall–Kier alpha value is -1.64. The summed E-state index contributed by atoms with van der Waals surface area (Å²) in [5, 5.41) is 1.09. The molecule has 3 nitrogen and oxygen atoms in total. The van der Waals surface area contributed by atoms with Crippen molar-refractivity contribution in [3.8, 4) is 0 Å². The molecule has 0 bridgehead atoms. The van der Waals surface area contributed by atoms with Gasteiger partial charge in [0.15, 0.2) is 0 Å². The van der Waals surface area contributed by atoms with Gasteiger partial charge in [0, 0.05) is 17.3 Å². The van der Waals surface area contributed by atoms with Crippen molar-refractivity contribution in [3.63, 3.8) is 0 Å². The standard InChI is InChI=1S/C10H11N3/c1-6-7(2)13-10(11)9-8(6)4-3-5-12-9/h3-5H,1-2H3,(H2,11,13). The highest BCUT2D eigenvalue weighted by Gasteiger charge is 2.05. The molecule has 3 heteroatoms. The van der Waals surface area contributed by atoms with Crippen molar-refractivity contribution in [3.05, 3.63) is 29.6 Å². The molecule has 2 rings (SSSR count). The summed E-state index contributed by atoms with van der Waals surface area (Å²) in [4.78, 5) is 8.41. The molecular weight excluding hydrogens is 162 g/mol. The predicted octanol–water partition coefficient (Wildman–Crippen LogP) is 1.83. The Morgan fingerprint density at radius 1 is 1.31 bits per heavy atom. The largest absolute Gasteiger partial charge is 0.382 e. The molecule has 0 aliphatic carbocycles. The molecule has 2 aromatic rings. The fourth-order valence-electron chi connectivity index (χ4n) is 1.42. The first kappa shape index (κ1) is 7.98. The molecule has 0 radical (unpaired) electrons. The van der Waals surface area contributed by atoms with Crippen LogP contribution in [-0.2, 0) is 0 Å². The lowest BCUT2D eigenvalue weighted by Gasteiger charge is -2.05. The van der Waals surface area contributed by atoms with E-state index in [0.717, 1.165) is 22.2 Å². The Kier molecular flexibility index (Phi) is 1.65. The van der Waals surface area contributed by atoms with Gasteiger partial charge in [-0.2, -0.15) is 0 Å².